The highest BCUT2D eigenvalue weighted by Crippen LogP contribution is 2.31. The molecule has 0 radical (unpaired) electrons. The normalized spacial score (nSPS) is 13.0. The minimum Gasteiger partial charge on any atom is -0.481 e. The maximum atomic E-state index is 11.0. The third-order valence-corrected chi connectivity index (χ3v) is 47.6. The van der Waals surface area contributed by atoms with Gasteiger partial charge in [0.2, 0.25) is 0 Å². The fraction of sp³-hybridized carbons (Fsp3) is 0.931. The van der Waals surface area contributed by atoms with Gasteiger partial charge in [0.05, 0.1) is 25.0 Å². The fourth-order valence-electron chi connectivity index (χ4n) is 9.09. The van der Waals surface area contributed by atoms with Crippen molar-refractivity contribution < 1.29 is 96.3 Å². The zero-order valence-corrected chi connectivity index (χ0v) is 67.6. The zero-order chi connectivity index (χ0) is 69.0. The number of aliphatic carboxylic acids is 2. The minimum atomic E-state index is -2.44. The van der Waals surface area contributed by atoms with Gasteiger partial charge in [-0.1, -0.05) is 213 Å². The summed E-state index contributed by atoms with van der Waals surface area (Å²) < 4.78 is 65.7. The van der Waals surface area contributed by atoms with Crippen molar-refractivity contribution >= 4 is 106 Å². The molecule has 0 amide bonds. The summed E-state index contributed by atoms with van der Waals surface area (Å²) in [6.07, 6.45) is 11.6. The van der Waals surface area contributed by atoms with E-state index in [1.807, 2.05) is 7.11 Å². The Morgan fingerprint density at radius 2 is 0.583 bits per heavy atom. The van der Waals surface area contributed by atoms with Crippen LogP contribution in [0.25, 0.3) is 0 Å². The topological polar surface area (TPSA) is 305 Å². The SMILES string of the molecule is C.C.C.C.C.C.C.C.C.C.C.C.C.C.C.C.C.CCCC[Si](C)(OC)O[Si](C)(C)CCC.CCC[Si](C)(C)O[Si](C)(CCCC(C)C(=O)O)OC.CCC[Si](C)(C)O[Si](C)(CCCN)OC.COCCOCCC[Si](C)(O[Si](C)(C)C)O[Si](C)(CCCC(C)C(=O)O)OC.O=C=O.O=C=O.O=C=O. The van der Waals surface area contributed by atoms with Gasteiger partial charge >= 0.3 is 73.2 Å². The summed E-state index contributed by atoms with van der Waals surface area (Å²) in [5.74, 6) is -2.10. The number of rotatable bonds is 43. The first-order chi connectivity index (χ1) is 39.5. The standard InChI is InChI=1S/C18H42O7Si3.C13H30O4Si2.C11H28O2Si2.C10H27NO2Si2.3CO2.17CH4/c1-17(18(19)20)11-9-15-27(7,22-3)25-28(8,24-26(4,5)6)16-10-12-23-14-13-21-2;1-7-10-18(4,5)17-19(6,16-3)11-8-9-12(2)13(14)15;1-7-9-11-15(6,12-3)13-14(4,5)10-8-2;1-6-9-14(3,4)13-15(5,12-2)10-7-8-11;3*2-1-3;;;;;;;;;;;;;;;;;/h17H,9-16H2,1-8H3,(H,19,20);12H,7-11H2,1-6H3,(H,14,15);7-11H2,1-6H3;6-11H2,1-5H3;;;;17*1H4. The second kappa shape index (κ2) is 96.6. The molecule has 7 atom stereocenters. The number of nitrogens with two attached hydrogens (primary N) is 1. The van der Waals surface area contributed by atoms with E-state index in [9.17, 15) is 9.59 Å². The van der Waals surface area contributed by atoms with Crippen molar-refractivity contribution in [3.8, 4) is 0 Å². The molecule has 0 aliphatic carbocycles. The third-order valence-electron chi connectivity index (χ3n) is 13.3. The molecule has 0 spiro atoms. The first-order valence-electron chi connectivity index (χ1n) is 30.5. The molecule has 4 N–H and O–H groups in total. The zero-order valence-electron chi connectivity index (χ0n) is 58.6. The number of hydrogen-bond acceptors (Lipinski definition) is 20. The molecule has 0 aromatic heterocycles. The lowest BCUT2D eigenvalue weighted by Crippen LogP contribution is -2.55. The number of hydrogen-bond donors (Lipinski definition) is 3. The molecule has 0 heterocycles. The van der Waals surface area contributed by atoms with Gasteiger partial charge in [0.1, 0.15) is 0 Å². The van der Waals surface area contributed by atoms with Gasteiger partial charge in [-0.25, -0.2) is 0 Å². The molecule has 0 fully saturated rings. The molecule has 650 valence electrons. The quantitative estimate of drug-likeness (QED) is 0.0377. The Morgan fingerprint density at radius 3 is 0.796 bits per heavy atom. The fourth-order valence-corrected chi connectivity index (χ4v) is 46.2. The van der Waals surface area contributed by atoms with E-state index in [2.05, 4.69) is 119 Å². The first-order valence-corrected chi connectivity index (χ1v) is 55.8. The minimum absolute atomic E-state index is 0. The molecule has 0 aromatic rings. The largest absolute Gasteiger partial charge is 0.481 e. The van der Waals surface area contributed by atoms with E-state index in [1.54, 1.807) is 42.3 Å². The van der Waals surface area contributed by atoms with E-state index in [4.69, 9.17) is 92.5 Å². The van der Waals surface area contributed by atoms with Gasteiger partial charge in [0.15, 0.2) is 33.3 Å². The Kier molecular flexibility index (Phi) is 160. The highest BCUT2D eigenvalue weighted by molar-refractivity contribution is 6.87. The second-order valence-electron chi connectivity index (χ2n) is 24.9. The maximum Gasteiger partial charge on any atom is 0.373 e. The average Bonchev–Trinajstić information content (AvgIpc) is 0.843. The molecule has 0 saturated carbocycles. The summed E-state index contributed by atoms with van der Waals surface area (Å²) >= 11 is 0. The van der Waals surface area contributed by atoms with Crippen LogP contribution in [0.1, 0.15) is 238 Å². The number of unbranched alkanes of at least 4 members (excludes halogenated alkanes) is 1. The van der Waals surface area contributed by atoms with Crippen molar-refractivity contribution in [2.75, 3.05) is 61.9 Å². The van der Waals surface area contributed by atoms with Crippen LogP contribution in [0, 0.1) is 11.8 Å². The van der Waals surface area contributed by atoms with Crippen LogP contribution in [-0.4, -0.2) is 179 Å². The second-order valence-corrected chi connectivity index (χ2v) is 60.7. The predicted octanol–water partition coefficient (Wildman–Crippen LogP) is 23.9. The van der Waals surface area contributed by atoms with Crippen LogP contribution in [0.3, 0.4) is 0 Å². The van der Waals surface area contributed by atoms with E-state index in [0.29, 0.717) is 32.7 Å². The van der Waals surface area contributed by atoms with Crippen molar-refractivity contribution in [1.82, 2.24) is 0 Å². The molecular weight excluding hydrogens is 1470 g/mol. The van der Waals surface area contributed by atoms with Crippen molar-refractivity contribution in [3.05, 3.63) is 0 Å². The van der Waals surface area contributed by atoms with Crippen LogP contribution in [0.5, 0.6) is 0 Å². The predicted molar refractivity (Wildman–Crippen MR) is 474 cm³/mol. The smallest absolute Gasteiger partial charge is 0.373 e. The average molecular weight is 1660 g/mol. The monoisotopic (exact) mass is 1660 g/mol. The molecule has 0 aliphatic heterocycles. The lowest BCUT2D eigenvalue weighted by molar-refractivity contribution is -0.193. The highest BCUT2D eigenvalue weighted by atomic mass is 28.5. The van der Waals surface area contributed by atoms with Crippen LogP contribution < -0.4 is 5.73 Å². The summed E-state index contributed by atoms with van der Waals surface area (Å²) in [5, 5.41) is 18.0. The molecule has 0 rings (SSSR count). The first kappa shape index (κ1) is 171. The molecule has 7 unspecified atom stereocenters. The number of ether oxygens (including phenoxy) is 2. The summed E-state index contributed by atoms with van der Waals surface area (Å²) in [5.41, 5.74) is 5.54. The van der Waals surface area contributed by atoms with Gasteiger partial charge < -0.3 is 63.7 Å². The van der Waals surface area contributed by atoms with E-state index in [1.165, 1.54) is 37.8 Å². The van der Waals surface area contributed by atoms with Crippen LogP contribution in [0.15, 0.2) is 0 Å². The number of carbonyl (C=O) groups is 2. The van der Waals surface area contributed by atoms with Gasteiger partial charge in [-0.05, 0) is 172 Å². The number of carbonyl (C=O) groups excluding carboxylic acids is 6. The van der Waals surface area contributed by atoms with E-state index < -0.39 is 88.0 Å². The highest BCUT2D eigenvalue weighted by Gasteiger charge is 2.45. The van der Waals surface area contributed by atoms with Crippen molar-refractivity contribution in [3.63, 3.8) is 0 Å². The van der Waals surface area contributed by atoms with Crippen molar-refractivity contribution in [1.29, 1.82) is 0 Å². The Labute approximate surface area is 656 Å². The molecule has 22 nitrogen and oxygen atoms in total. The Hall–Kier alpha value is -1.45. The Bertz CT molecular complexity index is 1720. The van der Waals surface area contributed by atoms with E-state index >= 15 is 0 Å². The van der Waals surface area contributed by atoms with Gasteiger partial charge in [-0.2, -0.15) is 28.8 Å². The van der Waals surface area contributed by atoms with Gasteiger partial charge in [0, 0.05) is 42.2 Å². The summed E-state index contributed by atoms with van der Waals surface area (Å²) in [6, 6.07) is 8.24. The van der Waals surface area contributed by atoms with Gasteiger partial charge in [0.25, 0.3) is 0 Å². The van der Waals surface area contributed by atoms with Crippen molar-refractivity contribution in [2.24, 2.45) is 17.6 Å². The molecule has 0 aromatic carbocycles. The van der Waals surface area contributed by atoms with Crippen LogP contribution in [0.4, 0.5) is 0 Å². The summed E-state index contributed by atoms with van der Waals surface area (Å²) in [4.78, 5) is 70.6. The molecular formula is C72H195NO21Si9. The van der Waals surface area contributed by atoms with E-state index in [0.717, 1.165) is 74.9 Å². The lowest BCUT2D eigenvalue weighted by atomic mass is 10.1. The Balaban J connectivity index is -0.0000000342. The van der Waals surface area contributed by atoms with Gasteiger partial charge in [-0.3, -0.25) is 9.59 Å². The lowest BCUT2D eigenvalue weighted by Gasteiger charge is -2.40. The van der Waals surface area contributed by atoms with Crippen LogP contribution in [-0.2, 0) is 86.1 Å². The third kappa shape index (κ3) is 112. The van der Waals surface area contributed by atoms with Gasteiger partial charge in [-0.15, -0.1) is 0 Å². The number of methoxy groups -OCH3 is 1. The Morgan fingerprint density at radius 1 is 0.340 bits per heavy atom. The maximum absolute atomic E-state index is 11.0. The summed E-state index contributed by atoms with van der Waals surface area (Å²) in [7, 11) is -8.52. The molecule has 0 aliphatic rings. The molecule has 31 heteroatoms. The molecule has 0 saturated heterocycles. The number of carboxylic acid groups (broad SMARTS) is 2. The molecule has 0 bridgehead atoms. The van der Waals surface area contributed by atoms with Crippen LogP contribution >= 0.6 is 0 Å². The van der Waals surface area contributed by atoms with E-state index in [-0.39, 0.29) is 157 Å². The van der Waals surface area contributed by atoms with Crippen LogP contribution in [0.2, 0.25) is 140 Å². The summed E-state index contributed by atoms with van der Waals surface area (Å²) in [6.45, 7) is 45.8. The van der Waals surface area contributed by atoms with Crippen molar-refractivity contribution in [2.45, 2.75) is 378 Å². The number of carboxylic acids is 2. The molecule has 103 heavy (non-hydrogen) atoms.